The number of amides is 3. The van der Waals surface area contributed by atoms with Crippen LogP contribution >= 0.6 is 0 Å². The van der Waals surface area contributed by atoms with E-state index < -0.39 is 23.8 Å². The van der Waals surface area contributed by atoms with Crippen molar-refractivity contribution in [1.82, 2.24) is 10.2 Å². The zero-order valence-electron chi connectivity index (χ0n) is 26.3. The summed E-state index contributed by atoms with van der Waals surface area (Å²) in [7, 11) is 0. The molecule has 0 bridgehead atoms. The summed E-state index contributed by atoms with van der Waals surface area (Å²) in [4.78, 5) is 43.0. The number of benzene rings is 3. The third-order valence-electron chi connectivity index (χ3n) is 6.95. The molecule has 2 unspecified atom stereocenters. The van der Waals surface area contributed by atoms with Crippen LogP contribution < -0.4 is 10.6 Å². The van der Waals surface area contributed by atoms with E-state index in [9.17, 15) is 14.4 Å². The fraction of sp³-hybridized carbons (Fsp3) is 0.417. The number of ether oxygens (including phenoxy) is 1. The van der Waals surface area contributed by atoms with Crippen molar-refractivity contribution in [2.24, 2.45) is 5.92 Å². The molecule has 0 aliphatic heterocycles. The van der Waals surface area contributed by atoms with Crippen LogP contribution in [0, 0.1) is 18.3 Å². The molecule has 2 atom stereocenters. The second-order valence-corrected chi connectivity index (χ2v) is 12.3. The Hall–Kier alpha value is -4.31. The summed E-state index contributed by atoms with van der Waals surface area (Å²) in [6, 6.07) is 18.9. The number of hydrogen-bond acceptors (Lipinski definition) is 4. The molecule has 228 valence electrons. The number of anilines is 1. The van der Waals surface area contributed by atoms with Crippen LogP contribution in [-0.2, 0) is 14.3 Å². The van der Waals surface area contributed by atoms with Crippen LogP contribution in [0.4, 0.5) is 10.5 Å². The average Bonchev–Trinajstić information content (AvgIpc) is 2.95. The van der Waals surface area contributed by atoms with E-state index in [2.05, 4.69) is 23.5 Å². The van der Waals surface area contributed by atoms with E-state index in [1.54, 1.807) is 49.9 Å². The molecule has 0 saturated heterocycles. The largest absolute Gasteiger partial charge is 0.444 e. The number of carbonyl (C=O) groups excluding carboxylic acids is 3. The van der Waals surface area contributed by atoms with Crippen molar-refractivity contribution in [2.45, 2.75) is 84.9 Å². The Kier molecular flexibility index (Phi) is 11.8. The lowest BCUT2D eigenvalue weighted by Crippen LogP contribution is -2.53. The SMILES string of the molecule is C#Cc1ccc(C(C(=O)Nc2ccc3ccccc3c2)N(CCCCC)C(=O)C(CC(C)C)NC(=O)OC(C)(C)C)cc1. The van der Waals surface area contributed by atoms with Gasteiger partial charge in [-0.25, -0.2) is 4.79 Å². The minimum Gasteiger partial charge on any atom is -0.444 e. The van der Waals surface area contributed by atoms with Crippen molar-refractivity contribution in [2.75, 3.05) is 11.9 Å². The van der Waals surface area contributed by atoms with Gasteiger partial charge in [-0.3, -0.25) is 9.59 Å². The number of rotatable bonds is 12. The van der Waals surface area contributed by atoms with Gasteiger partial charge in [-0.05, 0) is 80.1 Å². The molecule has 0 radical (unpaired) electrons. The molecule has 2 N–H and O–H groups in total. The van der Waals surface area contributed by atoms with Gasteiger partial charge in [0.05, 0.1) is 0 Å². The minimum absolute atomic E-state index is 0.0983. The van der Waals surface area contributed by atoms with Gasteiger partial charge in [-0.2, -0.15) is 0 Å². The van der Waals surface area contributed by atoms with Crippen molar-refractivity contribution >= 4 is 34.4 Å². The number of nitrogens with zero attached hydrogens (tertiary/aromatic N) is 1. The van der Waals surface area contributed by atoms with Gasteiger partial charge >= 0.3 is 6.09 Å². The van der Waals surface area contributed by atoms with Crippen LogP contribution in [-0.4, -0.2) is 41.0 Å². The predicted octanol–water partition coefficient (Wildman–Crippen LogP) is 7.46. The second-order valence-electron chi connectivity index (χ2n) is 12.3. The van der Waals surface area contributed by atoms with Gasteiger partial charge in [0.15, 0.2) is 0 Å². The van der Waals surface area contributed by atoms with Crippen LogP contribution in [0.1, 0.15) is 84.4 Å². The average molecular weight is 584 g/mol. The molecule has 0 heterocycles. The Balaban J connectivity index is 2.04. The fourth-order valence-electron chi connectivity index (χ4n) is 4.95. The highest BCUT2D eigenvalue weighted by Gasteiger charge is 2.36. The van der Waals surface area contributed by atoms with Gasteiger partial charge in [-0.15, -0.1) is 6.42 Å². The van der Waals surface area contributed by atoms with Gasteiger partial charge in [0.25, 0.3) is 5.91 Å². The molecule has 0 saturated carbocycles. The Morgan fingerprint density at radius 2 is 1.63 bits per heavy atom. The van der Waals surface area contributed by atoms with Crippen LogP contribution in [0.5, 0.6) is 0 Å². The Labute approximate surface area is 256 Å². The van der Waals surface area contributed by atoms with Crippen LogP contribution in [0.2, 0.25) is 0 Å². The first-order valence-corrected chi connectivity index (χ1v) is 15.1. The van der Waals surface area contributed by atoms with Gasteiger partial charge < -0.3 is 20.3 Å². The minimum atomic E-state index is -0.960. The Morgan fingerprint density at radius 3 is 2.23 bits per heavy atom. The normalized spacial score (nSPS) is 12.7. The van der Waals surface area contributed by atoms with E-state index in [1.807, 2.05) is 56.3 Å². The fourth-order valence-corrected chi connectivity index (χ4v) is 4.95. The van der Waals surface area contributed by atoms with E-state index in [1.165, 1.54) is 0 Å². The van der Waals surface area contributed by atoms with E-state index in [4.69, 9.17) is 11.2 Å². The summed E-state index contributed by atoms with van der Waals surface area (Å²) in [6.45, 7) is 11.7. The molecule has 3 aromatic carbocycles. The van der Waals surface area contributed by atoms with Crippen molar-refractivity contribution in [1.29, 1.82) is 0 Å². The van der Waals surface area contributed by atoms with Gasteiger partial charge in [0.1, 0.15) is 17.7 Å². The number of carbonyl (C=O) groups is 3. The zero-order valence-corrected chi connectivity index (χ0v) is 26.3. The lowest BCUT2D eigenvalue weighted by Gasteiger charge is -2.35. The van der Waals surface area contributed by atoms with Crippen molar-refractivity contribution < 1.29 is 19.1 Å². The number of alkyl carbamates (subject to hydrolysis) is 1. The maximum absolute atomic E-state index is 14.4. The first-order valence-electron chi connectivity index (χ1n) is 15.1. The van der Waals surface area contributed by atoms with Crippen molar-refractivity contribution in [3.8, 4) is 12.3 Å². The third kappa shape index (κ3) is 9.89. The van der Waals surface area contributed by atoms with Gasteiger partial charge in [0.2, 0.25) is 5.91 Å². The number of fused-ring (bicyclic) bond motifs is 1. The molecule has 43 heavy (non-hydrogen) atoms. The second kappa shape index (κ2) is 15.2. The molecule has 3 aromatic rings. The molecule has 3 amide bonds. The molecule has 0 aliphatic rings. The molecule has 7 nitrogen and oxygen atoms in total. The van der Waals surface area contributed by atoms with Crippen molar-refractivity contribution in [3.63, 3.8) is 0 Å². The van der Waals surface area contributed by atoms with Crippen LogP contribution in [0.25, 0.3) is 10.8 Å². The first kappa shape index (κ1) is 33.2. The maximum Gasteiger partial charge on any atom is 0.408 e. The lowest BCUT2D eigenvalue weighted by molar-refractivity contribution is -0.141. The highest BCUT2D eigenvalue weighted by Crippen LogP contribution is 2.27. The van der Waals surface area contributed by atoms with E-state index >= 15 is 0 Å². The van der Waals surface area contributed by atoms with E-state index in [-0.39, 0.29) is 17.7 Å². The van der Waals surface area contributed by atoms with Crippen LogP contribution in [0.15, 0.2) is 66.7 Å². The van der Waals surface area contributed by atoms with E-state index in [0.29, 0.717) is 36.2 Å². The third-order valence-corrected chi connectivity index (χ3v) is 6.95. The highest BCUT2D eigenvalue weighted by molar-refractivity contribution is 6.00. The van der Waals surface area contributed by atoms with Crippen LogP contribution in [0.3, 0.4) is 0 Å². The molecule has 0 aromatic heterocycles. The zero-order chi connectivity index (χ0) is 31.6. The van der Waals surface area contributed by atoms with E-state index in [0.717, 1.165) is 23.6 Å². The summed E-state index contributed by atoms with van der Waals surface area (Å²) in [5, 5.41) is 7.90. The predicted molar refractivity (Wildman–Crippen MR) is 174 cm³/mol. The monoisotopic (exact) mass is 583 g/mol. The Bertz CT molecular complexity index is 1430. The Morgan fingerprint density at radius 1 is 0.953 bits per heavy atom. The molecule has 0 aliphatic carbocycles. The molecule has 3 rings (SSSR count). The summed E-state index contributed by atoms with van der Waals surface area (Å²) >= 11 is 0. The molecule has 0 spiro atoms. The van der Waals surface area contributed by atoms with Gasteiger partial charge in [-0.1, -0.05) is 82.0 Å². The highest BCUT2D eigenvalue weighted by atomic mass is 16.6. The standard InChI is InChI=1S/C36H45N3O4/c1-8-10-13-22-39(34(41)31(23-25(3)4)38-35(42)43-36(5,6)7)32(28-18-16-26(9-2)17-19-28)33(40)37-30-21-20-27-14-11-12-15-29(27)24-30/h2,11-12,14-21,24-25,31-32H,8,10,13,22-23H2,1,3-7H3,(H,37,40)(H,38,42). The summed E-state index contributed by atoms with van der Waals surface area (Å²) in [5.41, 5.74) is 1.20. The quantitative estimate of drug-likeness (QED) is 0.171. The number of nitrogens with one attached hydrogen (secondary N) is 2. The number of unbranched alkanes of at least 4 members (excludes halogenated alkanes) is 2. The summed E-state index contributed by atoms with van der Waals surface area (Å²) < 4.78 is 5.49. The maximum atomic E-state index is 14.4. The summed E-state index contributed by atoms with van der Waals surface area (Å²) in [6.07, 6.45) is 7.84. The molecule has 0 fully saturated rings. The lowest BCUT2D eigenvalue weighted by atomic mass is 9.98. The number of hydrogen-bond donors (Lipinski definition) is 2. The smallest absolute Gasteiger partial charge is 0.408 e. The topological polar surface area (TPSA) is 87.7 Å². The van der Waals surface area contributed by atoms with Gasteiger partial charge in [0, 0.05) is 17.8 Å². The summed E-state index contributed by atoms with van der Waals surface area (Å²) in [5.74, 6) is 2.02. The molecular weight excluding hydrogens is 538 g/mol. The number of terminal acetylenes is 1. The molecular formula is C36H45N3O4. The molecule has 7 heteroatoms. The first-order chi connectivity index (χ1) is 20.4. The van der Waals surface area contributed by atoms with Crippen molar-refractivity contribution in [3.05, 3.63) is 77.9 Å².